The summed E-state index contributed by atoms with van der Waals surface area (Å²) in [4.78, 5) is 4.31. The van der Waals surface area contributed by atoms with Gasteiger partial charge >= 0.3 is 0 Å². The molecule has 0 bridgehead atoms. The average Bonchev–Trinajstić information content (AvgIpc) is 2.27. The van der Waals surface area contributed by atoms with E-state index in [-0.39, 0.29) is 0 Å². The van der Waals surface area contributed by atoms with Gasteiger partial charge in [0.15, 0.2) is 0 Å². The van der Waals surface area contributed by atoms with E-state index in [0.717, 1.165) is 16.5 Å². The van der Waals surface area contributed by atoms with Gasteiger partial charge in [-0.25, -0.2) is 0 Å². The van der Waals surface area contributed by atoms with E-state index >= 15 is 0 Å². The summed E-state index contributed by atoms with van der Waals surface area (Å²) in [5.41, 5.74) is 2.29. The molecule has 88 valence electrons. The first-order chi connectivity index (χ1) is 8.04. The summed E-state index contributed by atoms with van der Waals surface area (Å²) in [7, 11) is 6.57. The van der Waals surface area contributed by atoms with Gasteiger partial charge in [0.1, 0.15) is 0 Å². The third kappa shape index (κ3) is 3.40. The lowest BCUT2D eigenvalue weighted by atomic mass is 10.1. The molecular formula is C15H19N2+. The Labute approximate surface area is 103 Å². The summed E-state index contributed by atoms with van der Waals surface area (Å²) in [5.74, 6) is 0. The third-order valence-electron chi connectivity index (χ3n) is 2.59. The first kappa shape index (κ1) is 11.8. The van der Waals surface area contributed by atoms with Crippen LogP contribution in [0.2, 0.25) is 0 Å². The van der Waals surface area contributed by atoms with Crippen LogP contribution < -0.4 is 0 Å². The van der Waals surface area contributed by atoms with Crippen LogP contribution in [0, 0.1) is 0 Å². The zero-order chi connectivity index (χ0) is 12.3. The number of rotatable bonds is 3. The van der Waals surface area contributed by atoms with Crippen molar-refractivity contribution >= 4 is 17.0 Å². The van der Waals surface area contributed by atoms with Crippen molar-refractivity contribution in [3.63, 3.8) is 0 Å². The van der Waals surface area contributed by atoms with Crippen LogP contribution in [0.5, 0.6) is 0 Å². The van der Waals surface area contributed by atoms with Crippen molar-refractivity contribution in [3.05, 3.63) is 48.2 Å². The van der Waals surface area contributed by atoms with Crippen LogP contribution in [0.25, 0.3) is 17.0 Å². The molecule has 0 aliphatic rings. The highest BCUT2D eigenvalue weighted by Crippen LogP contribution is 2.14. The molecule has 0 saturated heterocycles. The van der Waals surface area contributed by atoms with E-state index in [9.17, 15) is 0 Å². The van der Waals surface area contributed by atoms with Gasteiger partial charge in [-0.2, -0.15) is 0 Å². The molecule has 2 aromatic rings. The van der Waals surface area contributed by atoms with E-state index in [2.05, 4.69) is 62.5 Å². The standard InChI is InChI=1S/C15H19N2/c1-17(2,3)11-5-6-13-8-9-15-14(12-13)7-4-10-16-15/h4-10,12H,11H2,1-3H3/q+1/b6-5-. The van der Waals surface area contributed by atoms with Crippen molar-refractivity contribution in [2.45, 2.75) is 0 Å². The summed E-state index contributed by atoms with van der Waals surface area (Å²) >= 11 is 0. The minimum Gasteiger partial charge on any atom is -0.328 e. The largest absolute Gasteiger partial charge is 0.328 e. The fraction of sp³-hybridized carbons (Fsp3) is 0.267. The molecule has 1 aromatic heterocycles. The number of aromatic nitrogens is 1. The smallest absolute Gasteiger partial charge is 0.0970 e. The van der Waals surface area contributed by atoms with Crippen molar-refractivity contribution in [2.75, 3.05) is 27.7 Å². The summed E-state index contributed by atoms with van der Waals surface area (Å²) in [6.45, 7) is 1.03. The molecule has 0 fully saturated rings. The lowest BCUT2D eigenvalue weighted by Crippen LogP contribution is -2.34. The minimum atomic E-state index is 0.950. The van der Waals surface area contributed by atoms with E-state index in [1.165, 1.54) is 10.9 Å². The van der Waals surface area contributed by atoms with Gasteiger partial charge < -0.3 is 4.48 Å². The predicted octanol–water partition coefficient (Wildman–Crippen LogP) is 2.95. The highest BCUT2D eigenvalue weighted by Gasteiger charge is 2.01. The zero-order valence-corrected chi connectivity index (χ0v) is 10.7. The monoisotopic (exact) mass is 227 g/mol. The SMILES string of the molecule is C[N+](C)(C)C/C=C\c1ccc2ncccc2c1. The van der Waals surface area contributed by atoms with Gasteiger partial charge in [-0.05, 0) is 29.8 Å². The van der Waals surface area contributed by atoms with Gasteiger partial charge in [-0.1, -0.05) is 18.2 Å². The Hall–Kier alpha value is -1.67. The molecule has 2 heteroatoms. The molecule has 0 aliphatic carbocycles. The number of quaternary nitrogens is 1. The lowest BCUT2D eigenvalue weighted by Gasteiger charge is -2.21. The van der Waals surface area contributed by atoms with E-state index in [1.54, 1.807) is 0 Å². The van der Waals surface area contributed by atoms with Crippen LogP contribution in [-0.4, -0.2) is 37.2 Å². The van der Waals surface area contributed by atoms with Gasteiger partial charge in [0.05, 0.1) is 33.2 Å². The topological polar surface area (TPSA) is 12.9 Å². The summed E-state index contributed by atoms with van der Waals surface area (Å²) in [6, 6.07) is 10.4. The van der Waals surface area contributed by atoms with Crippen LogP contribution in [0.3, 0.4) is 0 Å². The number of hydrogen-bond acceptors (Lipinski definition) is 1. The predicted molar refractivity (Wildman–Crippen MR) is 73.7 cm³/mol. The number of fused-ring (bicyclic) bond motifs is 1. The van der Waals surface area contributed by atoms with Gasteiger partial charge in [-0.15, -0.1) is 0 Å². The maximum absolute atomic E-state index is 4.31. The van der Waals surface area contributed by atoms with Crippen LogP contribution in [0.15, 0.2) is 42.6 Å². The third-order valence-corrected chi connectivity index (χ3v) is 2.59. The molecule has 17 heavy (non-hydrogen) atoms. The van der Waals surface area contributed by atoms with E-state index in [4.69, 9.17) is 0 Å². The number of hydrogen-bond donors (Lipinski definition) is 0. The second-order valence-electron chi connectivity index (χ2n) is 5.33. The molecular weight excluding hydrogens is 208 g/mol. The van der Waals surface area contributed by atoms with Crippen LogP contribution in [-0.2, 0) is 0 Å². The van der Waals surface area contributed by atoms with Crippen molar-refractivity contribution < 1.29 is 4.48 Å². The maximum Gasteiger partial charge on any atom is 0.0970 e. The Morgan fingerprint density at radius 1 is 1.18 bits per heavy atom. The Morgan fingerprint density at radius 2 is 2.00 bits per heavy atom. The fourth-order valence-corrected chi connectivity index (χ4v) is 1.70. The Morgan fingerprint density at radius 3 is 2.76 bits per heavy atom. The molecule has 0 saturated carbocycles. The van der Waals surface area contributed by atoms with Crippen LogP contribution in [0.1, 0.15) is 5.56 Å². The average molecular weight is 227 g/mol. The first-order valence-corrected chi connectivity index (χ1v) is 5.86. The van der Waals surface area contributed by atoms with Crippen molar-refractivity contribution in [1.82, 2.24) is 4.98 Å². The molecule has 0 N–H and O–H groups in total. The number of pyridine rings is 1. The maximum atomic E-state index is 4.31. The minimum absolute atomic E-state index is 0.950. The number of nitrogens with zero attached hydrogens (tertiary/aromatic N) is 2. The van der Waals surface area contributed by atoms with Crippen molar-refractivity contribution in [3.8, 4) is 0 Å². The van der Waals surface area contributed by atoms with Gasteiger partial charge in [0.2, 0.25) is 0 Å². The molecule has 0 unspecified atom stereocenters. The highest BCUT2D eigenvalue weighted by atomic mass is 15.3. The van der Waals surface area contributed by atoms with Gasteiger partial charge in [0, 0.05) is 11.6 Å². The second kappa shape index (κ2) is 4.68. The molecule has 0 atom stereocenters. The molecule has 2 rings (SSSR count). The van der Waals surface area contributed by atoms with Gasteiger partial charge in [-0.3, -0.25) is 4.98 Å². The Balaban J connectivity index is 2.20. The Kier molecular flexibility index (Phi) is 3.25. The molecule has 2 nitrogen and oxygen atoms in total. The highest BCUT2D eigenvalue weighted by molar-refractivity contribution is 5.80. The molecule has 0 amide bonds. The van der Waals surface area contributed by atoms with E-state index in [1.807, 2.05) is 12.3 Å². The van der Waals surface area contributed by atoms with E-state index < -0.39 is 0 Å². The molecule has 0 spiro atoms. The molecule has 0 radical (unpaired) electrons. The number of likely N-dealkylation sites (N-methyl/N-ethyl adjacent to an activating group) is 1. The Bertz CT molecular complexity index is 536. The molecule has 1 aromatic carbocycles. The second-order valence-corrected chi connectivity index (χ2v) is 5.33. The molecule has 0 aliphatic heterocycles. The summed E-state index contributed by atoms with van der Waals surface area (Å²) < 4.78 is 0.950. The zero-order valence-electron chi connectivity index (χ0n) is 10.7. The van der Waals surface area contributed by atoms with E-state index in [0.29, 0.717) is 0 Å². The molecule has 1 heterocycles. The fourth-order valence-electron chi connectivity index (χ4n) is 1.70. The summed E-state index contributed by atoms with van der Waals surface area (Å²) in [5, 5.41) is 1.19. The van der Waals surface area contributed by atoms with Crippen LogP contribution in [0.4, 0.5) is 0 Å². The first-order valence-electron chi connectivity index (χ1n) is 5.86. The van der Waals surface area contributed by atoms with Crippen molar-refractivity contribution in [1.29, 1.82) is 0 Å². The van der Waals surface area contributed by atoms with Crippen LogP contribution >= 0.6 is 0 Å². The quantitative estimate of drug-likeness (QED) is 0.735. The van der Waals surface area contributed by atoms with Crippen molar-refractivity contribution in [2.24, 2.45) is 0 Å². The summed E-state index contributed by atoms with van der Waals surface area (Å²) in [6.07, 6.45) is 6.22. The normalized spacial score (nSPS) is 12.4. The number of benzene rings is 1. The van der Waals surface area contributed by atoms with Gasteiger partial charge in [0.25, 0.3) is 0 Å². The lowest BCUT2D eigenvalue weighted by molar-refractivity contribution is -0.864.